The van der Waals surface area contributed by atoms with Gasteiger partial charge < -0.3 is 15.6 Å². The second kappa shape index (κ2) is 8.10. The van der Waals surface area contributed by atoms with Gasteiger partial charge in [-0.25, -0.2) is 0 Å². The maximum Gasteiger partial charge on any atom is 0.323 e. The van der Waals surface area contributed by atoms with Crippen LogP contribution in [-0.4, -0.2) is 23.7 Å². The van der Waals surface area contributed by atoms with Gasteiger partial charge in [0.25, 0.3) is 0 Å². The molecule has 0 unspecified atom stereocenters. The molecule has 1 aromatic carbocycles. The topological polar surface area (TPSA) is 72.5 Å². The van der Waals surface area contributed by atoms with E-state index in [0.717, 1.165) is 5.56 Å². The maximum atomic E-state index is 11.2. The van der Waals surface area contributed by atoms with Crippen LogP contribution in [0.1, 0.15) is 12.0 Å². The van der Waals surface area contributed by atoms with Crippen LogP contribution in [0.25, 0.3) is 0 Å². The van der Waals surface area contributed by atoms with Crippen LogP contribution in [0.15, 0.2) is 30.3 Å². The molecule has 0 aliphatic rings. The number of hydrogen-bond donors (Lipinski definition) is 2. The first-order valence-corrected chi connectivity index (χ1v) is 4.81. The summed E-state index contributed by atoms with van der Waals surface area (Å²) in [7, 11) is 0. The summed E-state index contributed by atoms with van der Waals surface area (Å²) in [5.41, 5.74) is 6.38. The van der Waals surface area contributed by atoms with Crippen LogP contribution >= 0.6 is 12.4 Å². The Morgan fingerprint density at radius 1 is 1.38 bits per heavy atom. The Bertz CT molecular complexity index is 305. The summed E-state index contributed by atoms with van der Waals surface area (Å²) >= 11 is 0. The molecule has 1 rings (SSSR count). The van der Waals surface area contributed by atoms with Crippen molar-refractivity contribution >= 4 is 18.4 Å². The standard InChI is InChI=1S/C11H15NO3.ClH/c12-10(6-7-13)11(14)15-8-9-4-2-1-3-5-9;/h1-5,10,13H,6-8,12H2;1H/t10-;/m0./s1. The fourth-order valence-corrected chi connectivity index (χ4v) is 1.09. The summed E-state index contributed by atoms with van der Waals surface area (Å²) in [6.45, 7) is 0.112. The zero-order chi connectivity index (χ0) is 11.1. The molecule has 0 saturated heterocycles. The van der Waals surface area contributed by atoms with E-state index in [9.17, 15) is 4.79 Å². The SMILES string of the molecule is Cl.N[C@@H](CCO)C(=O)OCc1ccccc1. The Kier molecular flexibility index (Phi) is 7.54. The molecule has 16 heavy (non-hydrogen) atoms. The van der Waals surface area contributed by atoms with E-state index in [2.05, 4.69) is 0 Å². The van der Waals surface area contributed by atoms with Crippen LogP contribution < -0.4 is 5.73 Å². The van der Waals surface area contributed by atoms with Crippen LogP contribution in [-0.2, 0) is 16.1 Å². The summed E-state index contributed by atoms with van der Waals surface area (Å²) in [5, 5.41) is 8.58. The molecule has 0 heterocycles. The van der Waals surface area contributed by atoms with Crippen molar-refractivity contribution in [1.82, 2.24) is 0 Å². The number of aliphatic hydroxyl groups is 1. The second-order valence-corrected chi connectivity index (χ2v) is 3.21. The zero-order valence-corrected chi connectivity index (χ0v) is 9.65. The molecule has 0 aliphatic heterocycles. The van der Waals surface area contributed by atoms with Crippen LogP contribution in [0.5, 0.6) is 0 Å². The normalized spacial score (nSPS) is 11.4. The average Bonchev–Trinajstić information content (AvgIpc) is 2.27. The van der Waals surface area contributed by atoms with Gasteiger partial charge >= 0.3 is 5.97 Å². The number of aliphatic hydroxyl groups excluding tert-OH is 1. The molecular formula is C11H16ClNO3. The minimum Gasteiger partial charge on any atom is -0.460 e. The third-order valence-electron chi connectivity index (χ3n) is 1.97. The van der Waals surface area contributed by atoms with E-state index >= 15 is 0 Å². The van der Waals surface area contributed by atoms with Crippen molar-refractivity contribution in [2.45, 2.75) is 19.1 Å². The van der Waals surface area contributed by atoms with E-state index in [1.165, 1.54) is 0 Å². The molecule has 0 amide bonds. The van der Waals surface area contributed by atoms with Crippen molar-refractivity contribution in [3.63, 3.8) is 0 Å². The lowest BCUT2D eigenvalue weighted by molar-refractivity contribution is -0.146. The lowest BCUT2D eigenvalue weighted by Gasteiger charge is -2.09. The Morgan fingerprint density at radius 3 is 2.56 bits per heavy atom. The minimum atomic E-state index is -0.737. The maximum absolute atomic E-state index is 11.2. The van der Waals surface area contributed by atoms with Crippen LogP contribution in [0.4, 0.5) is 0 Å². The van der Waals surface area contributed by atoms with Crippen molar-refractivity contribution in [3.8, 4) is 0 Å². The lowest BCUT2D eigenvalue weighted by atomic mass is 10.2. The van der Waals surface area contributed by atoms with Crippen molar-refractivity contribution in [1.29, 1.82) is 0 Å². The van der Waals surface area contributed by atoms with E-state index in [0.29, 0.717) is 0 Å². The number of rotatable bonds is 5. The smallest absolute Gasteiger partial charge is 0.323 e. The van der Waals surface area contributed by atoms with Crippen molar-refractivity contribution in [2.75, 3.05) is 6.61 Å². The Hall–Kier alpha value is -1.10. The van der Waals surface area contributed by atoms with Gasteiger partial charge in [0, 0.05) is 6.61 Å². The highest BCUT2D eigenvalue weighted by molar-refractivity contribution is 5.85. The fourth-order valence-electron chi connectivity index (χ4n) is 1.09. The highest BCUT2D eigenvalue weighted by atomic mass is 35.5. The molecule has 0 spiro atoms. The third-order valence-corrected chi connectivity index (χ3v) is 1.97. The summed E-state index contributed by atoms with van der Waals surface area (Å²) in [5.74, 6) is -0.479. The summed E-state index contributed by atoms with van der Waals surface area (Å²) < 4.78 is 4.97. The van der Waals surface area contributed by atoms with Crippen molar-refractivity contribution in [3.05, 3.63) is 35.9 Å². The largest absolute Gasteiger partial charge is 0.460 e. The summed E-state index contributed by atoms with van der Waals surface area (Å²) in [6, 6.07) is 8.63. The number of esters is 1. The molecule has 3 N–H and O–H groups in total. The van der Waals surface area contributed by atoms with Gasteiger partial charge in [0.05, 0.1) is 0 Å². The van der Waals surface area contributed by atoms with E-state index in [4.69, 9.17) is 15.6 Å². The molecule has 0 radical (unpaired) electrons. The quantitative estimate of drug-likeness (QED) is 0.755. The van der Waals surface area contributed by atoms with Gasteiger partial charge in [-0.05, 0) is 12.0 Å². The molecule has 5 heteroatoms. The number of benzene rings is 1. The number of carbonyl (C=O) groups is 1. The van der Waals surface area contributed by atoms with E-state index in [-0.39, 0.29) is 32.0 Å². The van der Waals surface area contributed by atoms with E-state index in [1.54, 1.807) is 0 Å². The predicted octanol–water partition coefficient (Wildman–Crippen LogP) is 0.861. The van der Waals surface area contributed by atoms with Gasteiger partial charge in [0.15, 0.2) is 0 Å². The molecule has 0 bridgehead atoms. The first-order valence-electron chi connectivity index (χ1n) is 4.81. The van der Waals surface area contributed by atoms with Gasteiger partial charge in [-0.1, -0.05) is 30.3 Å². The Morgan fingerprint density at radius 2 is 2.00 bits per heavy atom. The number of carbonyl (C=O) groups excluding carboxylic acids is 1. The molecule has 4 nitrogen and oxygen atoms in total. The first-order chi connectivity index (χ1) is 7.24. The molecular weight excluding hydrogens is 230 g/mol. The van der Waals surface area contributed by atoms with Crippen molar-refractivity contribution in [2.24, 2.45) is 5.73 Å². The number of hydrogen-bond acceptors (Lipinski definition) is 4. The molecule has 90 valence electrons. The third kappa shape index (κ3) is 5.11. The number of ether oxygens (including phenoxy) is 1. The van der Waals surface area contributed by atoms with E-state index in [1.807, 2.05) is 30.3 Å². The van der Waals surface area contributed by atoms with Gasteiger partial charge in [0.1, 0.15) is 12.6 Å². The van der Waals surface area contributed by atoms with Gasteiger partial charge in [-0.3, -0.25) is 4.79 Å². The molecule has 0 saturated carbocycles. The Balaban J connectivity index is 0.00000225. The minimum absolute atomic E-state index is 0. The fraction of sp³-hybridized carbons (Fsp3) is 0.364. The van der Waals surface area contributed by atoms with Crippen LogP contribution in [0.3, 0.4) is 0 Å². The number of halogens is 1. The van der Waals surface area contributed by atoms with Crippen LogP contribution in [0, 0.1) is 0 Å². The van der Waals surface area contributed by atoms with Crippen LogP contribution in [0.2, 0.25) is 0 Å². The molecule has 0 fully saturated rings. The summed E-state index contributed by atoms with van der Waals surface area (Å²) in [4.78, 5) is 11.2. The lowest BCUT2D eigenvalue weighted by Crippen LogP contribution is -2.33. The van der Waals surface area contributed by atoms with Gasteiger partial charge in [-0.2, -0.15) is 0 Å². The average molecular weight is 246 g/mol. The van der Waals surface area contributed by atoms with E-state index < -0.39 is 12.0 Å². The molecule has 0 aromatic heterocycles. The molecule has 0 aliphatic carbocycles. The Labute approximate surface area is 101 Å². The van der Waals surface area contributed by atoms with Gasteiger partial charge in [0.2, 0.25) is 0 Å². The zero-order valence-electron chi connectivity index (χ0n) is 8.83. The monoisotopic (exact) mass is 245 g/mol. The summed E-state index contributed by atoms with van der Waals surface area (Å²) in [6.07, 6.45) is 0.230. The second-order valence-electron chi connectivity index (χ2n) is 3.21. The molecule has 1 atom stereocenters. The number of nitrogens with two attached hydrogens (primary N) is 1. The van der Waals surface area contributed by atoms with Gasteiger partial charge in [-0.15, -0.1) is 12.4 Å². The highest BCUT2D eigenvalue weighted by Gasteiger charge is 2.13. The highest BCUT2D eigenvalue weighted by Crippen LogP contribution is 2.02. The predicted molar refractivity (Wildman–Crippen MR) is 63.2 cm³/mol. The molecule has 1 aromatic rings. The van der Waals surface area contributed by atoms with Crippen molar-refractivity contribution < 1.29 is 14.6 Å². The first kappa shape index (κ1) is 14.9.